The van der Waals surface area contributed by atoms with Gasteiger partial charge in [0.1, 0.15) is 16.6 Å². The monoisotopic (exact) mass is 418 g/mol. The van der Waals surface area contributed by atoms with E-state index in [0.29, 0.717) is 13.0 Å². The molecule has 28 heavy (non-hydrogen) atoms. The van der Waals surface area contributed by atoms with Gasteiger partial charge in [0.15, 0.2) is 0 Å². The Morgan fingerprint density at radius 1 is 1.00 bits per heavy atom. The molecule has 1 amide bonds. The summed E-state index contributed by atoms with van der Waals surface area (Å²) < 4.78 is 41.1. The van der Waals surface area contributed by atoms with Crippen LogP contribution in [-0.2, 0) is 21.2 Å². The van der Waals surface area contributed by atoms with Crippen LogP contribution in [0.5, 0.6) is 0 Å². The highest BCUT2D eigenvalue weighted by Crippen LogP contribution is 2.28. The van der Waals surface area contributed by atoms with Gasteiger partial charge in [0, 0.05) is 6.54 Å². The van der Waals surface area contributed by atoms with Crippen molar-refractivity contribution in [2.24, 2.45) is 0 Å². The van der Waals surface area contributed by atoms with Crippen LogP contribution in [0.4, 0.5) is 10.1 Å². The molecule has 3 rings (SSSR count). The molecule has 0 fully saturated rings. The van der Waals surface area contributed by atoms with Gasteiger partial charge in [-0.15, -0.1) is 11.3 Å². The highest BCUT2D eigenvalue weighted by atomic mass is 32.2. The maximum atomic E-state index is 14.3. The number of hydrogen-bond acceptors (Lipinski definition) is 4. The van der Waals surface area contributed by atoms with E-state index in [1.54, 1.807) is 11.4 Å². The van der Waals surface area contributed by atoms with Gasteiger partial charge in [0.05, 0.1) is 5.69 Å². The van der Waals surface area contributed by atoms with Crippen molar-refractivity contribution < 1.29 is 17.6 Å². The number of nitrogens with one attached hydrogen (secondary N) is 1. The standard InChI is InChI=1S/C20H19FN2O3S2/c21-17-9-4-5-10-18(17)23(28(25,26)20-11-6-14-27-20)15-19(24)22-13-12-16-7-2-1-3-8-16/h1-11,14H,12-13,15H2,(H,22,24). The second kappa shape index (κ2) is 8.99. The molecule has 1 heterocycles. The lowest BCUT2D eigenvalue weighted by molar-refractivity contribution is -0.119. The van der Waals surface area contributed by atoms with Crippen LogP contribution in [0.2, 0.25) is 0 Å². The van der Waals surface area contributed by atoms with Crippen molar-refractivity contribution in [3.63, 3.8) is 0 Å². The maximum absolute atomic E-state index is 14.3. The molecule has 0 saturated carbocycles. The molecule has 0 aliphatic heterocycles. The van der Waals surface area contributed by atoms with Crippen LogP contribution in [-0.4, -0.2) is 27.4 Å². The molecule has 8 heteroatoms. The van der Waals surface area contributed by atoms with Crippen molar-refractivity contribution >= 4 is 33.0 Å². The zero-order valence-electron chi connectivity index (χ0n) is 14.9. The van der Waals surface area contributed by atoms with Gasteiger partial charge < -0.3 is 5.32 Å². The molecule has 1 N–H and O–H groups in total. The van der Waals surface area contributed by atoms with E-state index in [1.807, 2.05) is 30.3 Å². The van der Waals surface area contributed by atoms with E-state index in [9.17, 15) is 17.6 Å². The smallest absolute Gasteiger partial charge is 0.274 e. The lowest BCUT2D eigenvalue weighted by Crippen LogP contribution is -2.41. The second-order valence-corrected chi connectivity index (χ2v) is 9.02. The third-order valence-electron chi connectivity index (χ3n) is 4.03. The first-order valence-corrected chi connectivity index (χ1v) is 10.9. The Balaban J connectivity index is 1.76. The van der Waals surface area contributed by atoms with Crippen LogP contribution in [0.15, 0.2) is 76.3 Å². The molecule has 0 unspecified atom stereocenters. The lowest BCUT2D eigenvalue weighted by atomic mass is 10.1. The van der Waals surface area contributed by atoms with E-state index in [-0.39, 0.29) is 9.90 Å². The van der Waals surface area contributed by atoms with E-state index >= 15 is 0 Å². The Labute approximate surface area is 167 Å². The summed E-state index contributed by atoms with van der Waals surface area (Å²) in [5.74, 6) is -1.21. The number of amides is 1. The first kappa shape index (κ1) is 20.0. The number of carbonyl (C=O) groups excluding carboxylic acids is 1. The number of rotatable bonds is 8. The first-order valence-electron chi connectivity index (χ1n) is 8.60. The van der Waals surface area contributed by atoms with Crippen LogP contribution in [0, 0.1) is 5.82 Å². The van der Waals surface area contributed by atoms with Gasteiger partial charge in [-0.25, -0.2) is 12.8 Å². The summed E-state index contributed by atoms with van der Waals surface area (Å²) in [4.78, 5) is 12.4. The first-order chi connectivity index (χ1) is 13.5. The molecule has 0 spiro atoms. The predicted molar refractivity (Wildman–Crippen MR) is 108 cm³/mol. The van der Waals surface area contributed by atoms with Crippen molar-refractivity contribution in [3.8, 4) is 0 Å². The van der Waals surface area contributed by atoms with Gasteiger partial charge in [-0.3, -0.25) is 9.10 Å². The summed E-state index contributed by atoms with van der Waals surface area (Å²) in [7, 11) is -4.05. The van der Waals surface area contributed by atoms with Crippen molar-refractivity contribution in [2.75, 3.05) is 17.4 Å². The molecule has 2 aromatic carbocycles. The average Bonchev–Trinajstić information content (AvgIpc) is 3.23. The number of halogens is 1. The normalized spacial score (nSPS) is 11.2. The molecule has 0 saturated heterocycles. The minimum atomic E-state index is -4.05. The third kappa shape index (κ3) is 4.76. The van der Waals surface area contributed by atoms with Gasteiger partial charge in [-0.2, -0.15) is 0 Å². The van der Waals surface area contributed by atoms with E-state index < -0.39 is 28.3 Å². The SMILES string of the molecule is O=C(CN(c1ccccc1F)S(=O)(=O)c1cccs1)NCCc1ccccc1. The summed E-state index contributed by atoms with van der Waals surface area (Å²) >= 11 is 1.02. The minimum absolute atomic E-state index is 0.0489. The number of para-hydroxylation sites is 1. The molecule has 146 valence electrons. The van der Waals surface area contributed by atoms with Crippen LogP contribution < -0.4 is 9.62 Å². The van der Waals surface area contributed by atoms with Crippen LogP contribution in [0.1, 0.15) is 5.56 Å². The van der Waals surface area contributed by atoms with E-state index in [0.717, 1.165) is 21.2 Å². The third-order valence-corrected chi connectivity index (χ3v) is 7.16. The number of sulfonamides is 1. The molecule has 0 atom stereocenters. The van der Waals surface area contributed by atoms with Crippen molar-refractivity contribution in [3.05, 3.63) is 83.5 Å². The zero-order valence-corrected chi connectivity index (χ0v) is 16.5. The minimum Gasteiger partial charge on any atom is -0.354 e. The number of thiophene rings is 1. The number of hydrogen-bond donors (Lipinski definition) is 1. The Hall–Kier alpha value is -2.71. The summed E-state index contributed by atoms with van der Waals surface area (Å²) in [5, 5.41) is 4.32. The van der Waals surface area contributed by atoms with Gasteiger partial charge >= 0.3 is 0 Å². The van der Waals surface area contributed by atoms with Crippen molar-refractivity contribution in [1.29, 1.82) is 0 Å². The maximum Gasteiger partial charge on any atom is 0.274 e. The summed E-state index contributed by atoms with van der Waals surface area (Å²) in [6.45, 7) is -0.150. The fourth-order valence-corrected chi connectivity index (χ4v) is 5.18. The number of carbonyl (C=O) groups is 1. The molecule has 1 aromatic heterocycles. The number of benzene rings is 2. The Kier molecular flexibility index (Phi) is 6.43. The molecule has 0 aliphatic carbocycles. The van der Waals surface area contributed by atoms with E-state index in [1.165, 1.54) is 30.3 Å². The summed E-state index contributed by atoms with van der Waals surface area (Å²) in [6.07, 6.45) is 0.615. The van der Waals surface area contributed by atoms with Crippen molar-refractivity contribution in [2.45, 2.75) is 10.6 Å². The molecular weight excluding hydrogens is 399 g/mol. The van der Waals surface area contributed by atoms with E-state index in [4.69, 9.17) is 0 Å². The fraction of sp³-hybridized carbons (Fsp3) is 0.150. The molecule has 0 radical (unpaired) electrons. The summed E-state index contributed by atoms with van der Waals surface area (Å²) in [6, 6.07) is 18.1. The quantitative estimate of drug-likeness (QED) is 0.609. The predicted octanol–water partition coefficient (Wildman–Crippen LogP) is 3.44. The molecular formula is C20H19FN2O3S2. The molecule has 5 nitrogen and oxygen atoms in total. The highest BCUT2D eigenvalue weighted by Gasteiger charge is 2.29. The lowest BCUT2D eigenvalue weighted by Gasteiger charge is -2.23. The van der Waals surface area contributed by atoms with Crippen LogP contribution >= 0.6 is 11.3 Å². The average molecular weight is 419 g/mol. The number of nitrogens with zero attached hydrogens (tertiary/aromatic N) is 1. The summed E-state index contributed by atoms with van der Waals surface area (Å²) in [5.41, 5.74) is 0.897. The molecule has 0 aliphatic rings. The Bertz CT molecular complexity index is 1020. The molecule has 3 aromatic rings. The second-order valence-electron chi connectivity index (χ2n) is 5.98. The van der Waals surface area contributed by atoms with E-state index in [2.05, 4.69) is 5.32 Å². The van der Waals surface area contributed by atoms with Crippen LogP contribution in [0.3, 0.4) is 0 Å². The number of anilines is 1. The van der Waals surface area contributed by atoms with Gasteiger partial charge in [0.25, 0.3) is 10.0 Å². The topological polar surface area (TPSA) is 66.5 Å². The van der Waals surface area contributed by atoms with Gasteiger partial charge in [0.2, 0.25) is 5.91 Å². The van der Waals surface area contributed by atoms with Crippen molar-refractivity contribution in [1.82, 2.24) is 5.32 Å². The largest absolute Gasteiger partial charge is 0.354 e. The Morgan fingerprint density at radius 2 is 1.71 bits per heavy atom. The fourth-order valence-electron chi connectivity index (χ4n) is 2.65. The Morgan fingerprint density at radius 3 is 2.39 bits per heavy atom. The molecule has 0 bridgehead atoms. The van der Waals surface area contributed by atoms with Gasteiger partial charge in [-0.1, -0.05) is 48.5 Å². The zero-order chi connectivity index (χ0) is 20.0. The highest BCUT2D eigenvalue weighted by molar-refractivity contribution is 7.94. The van der Waals surface area contributed by atoms with Crippen LogP contribution in [0.25, 0.3) is 0 Å². The van der Waals surface area contributed by atoms with Gasteiger partial charge in [-0.05, 0) is 35.6 Å².